The normalized spacial score (nSPS) is 8.80. The Balaban J connectivity index is 0.000000583. The van der Waals surface area contributed by atoms with Crippen LogP contribution in [-0.4, -0.2) is 13.0 Å². The number of hydrogen-bond acceptors (Lipinski definition) is 2. The van der Waals surface area contributed by atoms with Crippen molar-refractivity contribution in [3.05, 3.63) is 29.6 Å². The molecule has 0 bridgehead atoms. The third kappa shape index (κ3) is 4.44. The molecule has 0 radical (unpaired) electrons. The molecule has 0 heterocycles. The molecule has 0 saturated heterocycles. The van der Waals surface area contributed by atoms with E-state index in [9.17, 15) is 9.18 Å². The number of nitrogens with two attached hydrogens (primary N) is 1. The minimum Gasteiger partial charge on any atom is -0.398 e. The van der Waals surface area contributed by atoms with Crippen molar-refractivity contribution in [3.8, 4) is 0 Å². The summed E-state index contributed by atoms with van der Waals surface area (Å²) < 4.78 is 12.6. The van der Waals surface area contributed by atoms with E-state index in [4.69, 9.17) is 5.73 Å². The van der Waals surface area contributed by atoms with Crippen molar-refractivity contribution in [1.29, 1.82) is 0 Å². The van der Waals surface area contributed by atoms with Crippen molar-refractivity contribution >= 4 is 11.6 Å². The summed E-state index contributed by atoms with van der Waals surface area (Å²) in [4.78, 5) is 11.0. The molecule has 0 atom stereocenters. The Labute approximate surface area is 89.5 Å². The number of nitrogen functional groups attached to an aromatic ring is 1. The monoisotopic (exact) mass is 212 g/mol. The van der Waals surface area contributed by atoms with Gasteiger partial charge in [-0.05, 0) is 18.2 Å². The molecule has 3 nitrogen and oxygen atoms in total. The lowest BCUT2D eigenvalue weighted by Gasteiger charge is -2.02. The van der Waals surface area contributed by atoms with Gasteiger partial charge in [-0.15, -0.1) is 0 Å². The van der Waals surface area contributed by atoms with Crippen LogP contribution < -0.4 is 11.1 Å². The summed E-state index contributed by atoms with van der Waals surface area (Å²) in [6, 6.07) is 3.68. The van der Waals surface area contributed by atoms with Gasteiger partial charge in [0.1, 0.15) is 5.82 Å². The van der Waals surface area contributed by atoms with Gasteiger partial charge >= 0.3 is 0 Å². The Bertz CT molecular complexity index is 326. The molecule has 0 aliphatic heterocycles. The van der Waals surface area contributed by atoms with Crippen LogP contribution in [0, 0.1) is 5.82 Å². The summed E-state index contributed by atoms with van der Waals surface area (Å²) in [7, 11) is 1.46. The van der Waals surface area contributed by atoms with E-state index in [1.165, 1.54) is 25.6 Å². The summed E-state index contributed by atoms with van der Waals surface area (Å²) in [6.07, 6.45) is 1.25. The first-order valence-corrected chi connectivity index (χ1v) is 4.83. The number of carbonyl (C=O) groups is 1. The Morgan fingerprint density at radius 3 is 2.47 bits per heavy atom. The van der Waals surface area contributed by atoms with Crippen molar-refractivity contribution in [2.75, 3.05) is 12.8 Å². The first kappa shape index (κ1) is 13.4. The molecule has 1 amide bonds. The lowest BCUT2D eigenvalue weighted by molar-refractivity contribution is 0.0963. The number of halogens is 1. The molecule has 0 aromatic heterocycles. The molecule has 84 valence electrons. The lowest BCUT2D eigenvalue weighted by atomic mass is 10.1. The van der Waals surface area contributed by atoms with E-state index in [0.29, 0.717) is 0 Å². The first-order chi connectivity index (χ1) is 7.06. The van der Waals surface area contributed by atoms with Crippen LogP contribution in [0.4, 0.5) is 10.1 Å². The third-order valence-electron chi connectivity index (χ3n) is 1.49. The smallest absolute Gasteiger partial charge is 0.253 e. The molecule has 15 heavy (non-hydrogen) atoms. The summed E-state index contributed by atoms with van der Waals surface area (Å²) in [6.45, 7) is 4.25. The van der Waals surface area contributed by atoms with Crippen LogP contribution >= 0.6 is 0 Å². The number of benzene rings is 1. The second-order valence-electron chi connectivity index (χ2n) is 3.02. The summed E-state index contributed by atoms with van der Waals surface area (Å²) in [5, 5.41) is 2.36. The van der Waals surface area contributed by atoms with E-state index in [2.05, 4.69) is 19.2 Å². The predicted octanol–water partition coefficient (Wildman–Crippen LogP) is 2.18. The standard InChI is InChI=1S/C8H9FN2O.C3H8/c1-11-8(12)6-4-5(9)2-3-7(6)10;1-3-2/h2-4H,10H2,1H3,(H,11,12);3H2,1-2H3. The van der Waals surface area contributed by atoms with Gasteiger partial charge in [-0.3, -0.25) is 4.79 Å². The van der Waals surface area contributed by atoms with Crippen LogP contribution in [0.1, 0.15) is 30.6 Å². The minimum absolute atomic E-state index is 0.164. The van der Waals surface area contributed by atoms with Crippen molar-refractivity contribution in [3.63, 3.8) is 0 Å². The van der Waals surface area contributed by atoms with Crippen molar-refractivity contribution in [1.82, 2.24) is 5.32 Å². The van der Waals surface area contributed by atoms with Gasteiger partial charge in [0.25, 0.3) is 5.91 Å². The van der Waals surface area contributed by atoms with Crippen molar-refractivity contribution in [2.45, 2.75) is 20.3 Å². The largest absolute Gasteiger partial charge is 0.398 e. The van der Waals surface area contributed by atoms with E-state index in [1.54, 1.807) is 0 Å². The van der Waals surface area contributed by atoms with Gasteiger partial charge in [0.2, 0.25) is 0 Å². The minimum atomic E-state index is -0.470. The molecule has 0 saturated carbocycles. The van der Waals surface area contributed by atoms with E-state index in [1.807, 2.05) is 0 Å². The zero-order valence-corrected chi connectivity index (χ0v) is 9.30. The summed E-state index contributed by atoms with van der Waals surface area (Å²) in [5.74, 6) is -0.852. The highest BCUT2D eigenvalue weighted by Gasteiger charge is 2.07. The molecule has 1 rings (SSSR count). The fourth-order valence-electron chi connectivity index (χ4n) is 0.860. The molecule has 0 fully saturated rings. The molecule has 1 aromatic rings. The SMILES string of the molecule is CCC.CNC(=O)c1cc(F)ccc1N. The molecule has 3 N–H and O–H groups in total. The average Bonchev–Trinajstić information content (AvgIpc) is 2.22. The van der Waals surface area contributed by atoms with E-state index < -0.39 is 5.82 Å². The number of carbonyl (C=O) groups excluding carboxylic acids is 1. The van der Waals surface area contributed by atoms with Crippen LogP contribution in [-0.2, 0) is 0 Å². The first-order valence-electron chi connectivity index (χ1n) is 4.83. The molecule has 0 spiro atoms. The molecule has 1 aromatic carbocycles. The highest BCUT2D eigenvalue weighted by atomic mass is 19.1. The molecule has 0 unspecified atom stereocenters. The topological polar surface area (TPSA) is 55.1 Å². The van der Waals surface area contributed by atoms with Crippen LogP contribution in [0.5, 0.6) is 0 Å². The van der Waals surface area contributed by atoms with E-state index in [-0.39, 0.29) is 17.2 Å². The van der Waals surface area contributed by atoms with Crippen LogP contribution in [0.25, 0.3) is 0 Å². The Morgan fingerprint density at radius 2 is 2.00 bits per heavy atom. The van der Waals surface area contributed by atoms with Gasteiger partial charge in [-0.25, -0.2) is 4.39 Å². The third-order valence-corrected chi connectivity index (χ3v) is 1.49. The molecular weight excluding hydrogens is 195 g/mol. The highest BCUT2D eigenvalue weighted by molar-refractivity contribution is 5.98. The van der Waals surface area contributed by atoms with Gasteiger partial charge in [0.15, 0.2) is 0 Å². The van der Waals surface area contributed by atoms with Crippen LogP contribution in [0.2, 0.25) is 0 Å². The summed E-state index contributed by atoms with van der Waals surface area (Å²) >= 11 is 0. The maximum Gasteiger partial charge on any atom is 0.253 e. The number of hydrogen-bond donors (Lipinski definition) is 2. The van der Waals surface area contributed by atoms with Crippen molar-refractivity contribution in [2.24, 2.45) is 0 Å². The molecule has 0 aliphatic carbocycles. The Morgan fingerprint density at radius 1 is 1.47 bits per heavy atom. The van der Waals surface area contributed by atoms with E-state index in [0.717, 1.165) is 6.07 Å². The summed E-state index contributed by atoms with van der Waals surface area (Å²) in [5.41, 5.74) is 5.88. The number of anilines is 1. The lowest BCUT2D eigenvalue weighted by Crippen LogP contribution is -2.19. The quantitative estimate of drug-likeness (QED) is 0.701. The fraction of sp³-hybridized carbons (Fsp3) is 0.364. The maximum absolute atomic E-state index is 12.6. The number of amides is 1. The molecule has 4 heteroatoms. The molecular formula is C11H17FN2O. The van der Waals surface area contributed by atoms with Crippen molar-refractivity contribution < 1.29 is 9.18 Å². The zero-order chi connectivity index (χ0) is 11.8. The van der Waals surface area contributed by atoms with Gasteiger partial charge in [-0.2, -0.15) is 0 Å². The average molecular weight is 212 g/mol. The highest BCUT2D eigenvalue weighted by Crippen LogP contribution is 2.12. The second kappa shape index (κ2) is 6.81. The Hall–Kier alpha value is -1.58. The maximum atomic E-state index is 12.6. The van der Waals surface area contributed by atoms with Gasteiger partial charge in [0, 0.05) is 12.7 Å². The number of rotatable bonds is 1. The van der Waals surface area contributed by atoms with Crippen LogP contribution in [0.3, 0.4) is 0 Å². The zero-order valence-electron chi connectivity index (χ0n) is 9.30. The fourth-order valence-corrected chi connectivity index (χ4v) is 0.860. The number of nitrogens with one attached hydrogen (secondary N) is 1. The van der Waals surface area contributed by atoms with Gasteiger partial charge in [-0.1, -0.05) is 20.3 Å². The van der Waals surface area contributed by atoms with Gasteiger partial charge < -0.3 is 11.1 Å². The predicted molar refractivity (Wildman–Crippen MR) is 60.2 cm³/mol. The second-order valence-corrected chi connectivity index (χ2v) is 3.02. The Kier molecular flexibility index (Phi) is 6.09. The van der Waals surface area contributed by atoms with Crippen LogP contribution in [0.15, 0.2) is 18.2 Å². The van der Waals surface area contributed by atoms with E-state index >= 15 is 0 Å². The van der Waals surface area contributed by atoms with Gasteiger partial charge in [0.05, 0.1) is 5.56 Å². The molecule has 0 aliphatic rings.